The Hall–Kier alpha value is -4.61. The van der Waals surface area contributed by atoms with Gasteiger partial charge in [-0.1, -0.05) is 23.4 Å². The van der Waals surface area contributed by atoms with E-state index in [2.05, 4.69) is 20.2 Å². The maximum atomic E-state index is 14.2. The SMILES string of the molecule is O=[N+]([O-])c1cnc(-c2cc(-c3ccon3)n(Cc3ccccc3F)n2)nc1NCC(O)(C(F)(F)F)C(F)(F)F. The quantitative estimate of drug-likeness (QED) is 0.182. The number of anilines is 1. The van der Waals surface area contributed by atoms with Crippen molar-refractivity contribution in [1.29, 1.82) is 0 Å². The van der Waals surface area contributed by atoms with Crippen LogP contribution in [0, 0.1) is 15.9 Å². The summed E-state index contributed by atoms with van der Waals surface area (Å²) in [5.41, 5.74) is -5.84. The summed E-state index contributed by atoms with van der Waals surface area (Å²) in [6.07, 6.45) is -10.6. The predicted molar refractivity (Wildman–Crippen MR) is 116 cm³/mol. The second-order valence-corrected chi connectivity index (χ2v) is 7.94. The Balaban J connectivity index is 1.75. The van der Waals surface area contributed by atoms with Gasteiger partial charge >= 0.3 is 18.0 Å². The van der Waals surface area contributed by atoms with Gasteiger partial charge in [0.15, 0.2) is 5.82 Å². The summed E-state index contributed by atoms with van der Waals surface area (Å²) in [6, 6.07) is 8.43. The Morgan fingerprint density at radius 2 is 1.77 bits per heavy atom. The minimum Gasteiger partial charge on any atom is -0.372 e. The van der Waals surface area contributed by atoms with Crippen molar-refractivity contribution in [3.8, 4) is 22.9 Å². The fourth-order valence-corrected chi connectivity index (χ4v) is 3.32. The molecule has 0 atom stereocenters. The molecule has 4 rings (SSSR count). The van der Waals surface area contributed by atoms with Crippen molar-refractivity contribution >= 4 is 11.5 Å². The van der Waals surface area contributed by atoms with E-state index < -0.39 is 52.6 Å². The molecule has 3 heterocycles. The van der Waals surface area contributed by atoms with Crippen LogP contribution in [0.3, 0.4) is 0 Å². The Bertz CT molecular complexity index is 1470. The molecule has 0 aliphatic carbocycles. The smallest absolute Gasteiger partial charge is 0.372 e. The van der Waals surface area contributed by atoms with Gasteiger partial charge in [0.1, 0.15) is 29.7 Å². The molecule has 0 saturated heterocycles. The number of nitro groups is 1. The number of aromatic nitrogens is 5. The van der Waals surface area contributed by atoms with Crippen molar-refractivity contribution in [3.63, 3.8) is 0 Å². The Labute approximate surface area is 212 Å². The molecule has 0 fully saturated rings. The third kappa shape index (κ3) is 5.35. The van der Waals surface area contributed by atoms with Crippen molar-refractivity contribution in [2.24, 2.45) is 0 Å². The monoisotopic (exact) mass is 561 g/mol. The zero-order valence-corrected chi connectivity index (χ0v) is 19.0. The molecular weight excluding hydrogens is 547 g/mol. The molecule has 0 unspecified atom stereocenters. The lowest BCUT2D eigenvalue weighted by molar-refractivity contribution is -0.384. The number of hydrogen-bond acceptors (Lipinski definition) is 9. The number of alkyl halides is 6. The number of nitrogens with zero attached hydrogens (tertiary/aromatic N) is 6. The first-order valence-corrected chi connectivity index (χ1v) is 10.5. The molecule has 206 valence electrons. The summed E-state index contributed by atoms with van der Waals surface area (Å²) >= 11 is 0. The van der Waals surface area contributed by atoms with E-state index in [4.69, 9.17) is 4.52 Å². The maximum Gasteiger partial charge on any atom is 0.428 e. The van der Waals surface area contributed by atoms with Gasteiger partial charge in [-0.2, -0.15) is 31.4 Å². The third-order valence-electron chi connectivity index (χ3n) is 5.40. The number of nitrogens with one attached hydrogen (secondary N) is 1. The second kappa shape index (κ2) is 9.93. The van der Waals surface area contributed by atoms with E-state index in [1.807, 2.05) is 0 Å². The number of rotatable bonds is 8. The molecular formula is C21H14F7N7O4. The molecule has 3 aromatic heterocycles. The van der Waals surface area contributed by atoms with Crippen LogP contribution in [0.1, 0.15) is 5.56 Å². The lowest BCUT2D eigenvalue weighted by Crippen LogP contribution is -2.61. The molecule has 1 aromatic carbocycles. The minimum absolute atomic E-state index is 0.149. The minimum atomic E-state index is -6.18. The third-order valence-corrected chi connectivity index (χ3v) is 5.40. The maximum absolute atomic E-state index is 14.2. The van der Waals surface area contributed by atoms with Crippen molar-refractivity contribution in [2.45, 2.75) is 24.5 Å². The van der Waals surface area contributed by atoms with Crippen LogP contribution in [0.5, 0.6) is 0 Å². The normalized spacial score (nSPS) is 12.5. The first-order chi connectivity index (χ1) is 18.2. The van der Waals surface area contributed by atoms with Gasteiger partial charge in [-0.25, -0.2) is 14.4 Å². The molecule has 0 amide bonds. The lowest BCUT2D eigenvalue weighted by atomic mass is 10.0. The second-order valence-electron chi connectivity index (χ2n) is 7.94. The number of benzene rings is 1. The predicted octanol–water partition coefficient (Wildman–Crippen LogP) is 4.36. The van der Waals surface area contributed by atoms with E-state index in [0.717, 1.165) is 0 Å². The van der Waals surface area contributed by atoms with E-state index in [0.29, 0.717) is 6.20 Å². The molecule has 0 radical (unpaired) electrons. The number of halogens is 7. The topological polar surface area (TPSA) is 145 Å². The fraction of sp³-hybridized carbons (Fsp3) is 0.238. The molecule has 0 aliphatic heterocycles. The van der Waals surface area contributed by atoms with Crippen LogP contribution in [0.4, 0.5) is 42.2 Å². The summed E-state index contributed by atoms with van der Waals surface area (Å²) in [6.45, 7) is -2.40. The lowest BCUT2D eigenvalue weighted by Gasteiger charge is -2.32. The van der Waals surface area contributed by atoms with Crippen LogP contribution in [0.2, 0.25) is 0 Å². The molecule has 0 aliphatic rings. The van der Waals surface area contributed by atoms with Gasteiger partial charge in [0, 0.05) is 11.6 Å². The highest BCUT2D eigenvalue weighted by atomic mass is 19.4. The van der Waals surface area contributed by atoms with Crippen LogP contribution in [-0.4, -0.2) is 59.4 Å². The fourth-order valence-electron chi connectivity index (χ4n) is 3.32. The van der Waals surface area contributed by atoms with Gasteiger partial charge in [0.2, 0.25) is 5.82 Å². The molecule has 11 nitrogen and oxygen atoms in total. The van der Waals surface area contributed by atoms with Crippen LogP contribution in [0.15, 0.2) is 53.4 Å². The van der Waals surface area contributed by atoms with E-state index in [-0.39, 0.29) is 29.2 Å². The van der Waals surface area contributed by atoms with E-state index in [1.54, 1.807) is 11.4 Å². The molecule has 0 spiro atoms. The molecule has 0 bridgehead atoms. The highest BCUT2D eigenvalue weighted by Crippen LogP contribution is 2.43. The molecule has 2 N–H and O–H groups in total. The zero-order valence-electron chi connectivity index (χ0n) is 19.0. The Morgan fingerprint density at radius 3 is 2.36 bits per heavy atom. The summed E-state index contributed by atoms with van der Waals surface area (Å²) in [5, 5.41) is 30.3. The molecule has 4 aromatic rings. The number of hydrogen-bond donors (Lipinski definition) is 2. The molecule has 18 heteroatoms. The first kappa shape index (κ1) is 27.4. The van der Waals surface area contributed by atoms with Crippen LogP contribution in [0.25, 0.3) is 22.9 Å². The van der Waals surface area contributed by atoms with Gasteiger partial charge in [-0.05, 0) is 12.1 Å². The molecule has 39 heavy (non-hydrogen) atoms. The highest BCUT2D eigenvalue weighted by Gasteiger charge is 2.70. The summed E-state index contributed by atoms with van der Waals surface area (Å²) in [4.78, 5) is 17.6. The Morgan fingerprint density at radius 1 is 1.08 bits per heavy atom. The first-order valence-electron chi connectivity index (χ1n) is 10.5. The summed E-state index contributed by atoms with van der Waals surface area (Å²) in [5.74, 6) is -2.08. The number of aliphatic hydroxyl groups is 1. The zero-order chi connectivity index (χ0) is 28.6. The van der Waals surface area contributed by atoms with Crippen molar-refractivity contribution in [1.82, 2.24) is 24.9 Å². The average Bonchev–Trinajstić information content (AvgIpc) is 3.52. The van der Waals surface area contributed by atoms with Gasteiger partial charge in [-0.15, -0.1) is 0 Å². The largest absolute Gasteiger partial charge is 0.428 e. The van der Waals surface area contributed by atoms with Crippen molar-refractivity contribution < 1.29 is 45.3 Å². The standard InChI is InChI=1S/C21H14F7N7O4/c22-12-4-2-1-3-11(12)9-34-15(13-5-6-39-33-13)7-14(32-34)17-29-8-16(35(37)38)18(31-17)30-10-19(36,20(23,24)25)21(26,27)28/h1-8,36H,9-10H2,(H,29,30,31). The van der Waals surface area contributed by atoms with Gasteiger partial charge < -0.3 is 14.9 Å². The van der Waals surface area contributed by atoms with Crippen LogP contribution in [-0.2, 0) is 6.54 Å². The summed E-state index contributed by atoms with van der Waals surface area (Å²) < 4.78 is 98.7. The van der Waals surface area contributed by atoms with Crippen LogP contribution < -0.4 is 5.32 Å². The van der Waals surface area contributed by atoms with Crippen molar-refractivity contribution in [2.75, 3.05) is 11.9 Å². The van der Waals surface area contributed by atoms with Gasteiger partial charge in [0.05, 0.1) is 23.7 Å². The Kier molecular flexibility index (Phi) is 6.98. The van der Waals surface area contributed by atoms with Gasteiger partial charge in [-0.3, -0.25) is 14.8 Å². The average molecular weight is 561 g/mol. The molecule has 0 saturated carbocycles. The van der Waals surface area contributed by atoms with Crippen molar-refractivity contribution in [3.05, 3.63) is 70.4 Å². The van der Waals surface area contributed by atoms with E-state index in [1.165, 1.54) is 41.3 Å². The summed E-state index contributed by atoms with van der Waals surface area (Å²) in [7, 11) is 0. The van der Waals surface area contributed by atoms with E-state index >= 15 is 0 Å². The van der Waals surface area contributed by atoms with Crippen LogP contribution >= 0.6 is 0 Å². The highest BCUT2D eigenvalue weighted by molar-refractivity contribution is 5.65. The van der Waals surface area contributed by atoms with E-state index in [9.17, 15) is 46.0 Å². The van der Waals surface area contributed by atoms with Gasteiger partial charge in [0.25, 0.3) is 5.60 Å².